The molecule has 158 valence electrons. The summed E-state index contributed by atoms with van der Waals surface area (Å²) in [5.41, 5.74) is 0.319. The molecule has 0 radical (unpaired) electrons. The monoisotopic (exact) mass is 431 g/mol. The van der Waals surface area contributed by atoms with Crippen molar-refractivity contribution in [3.63, 3.8) is 0 Å². The van der Waals surface area contributed by atoms with Crippen LogP contribution in [0.2, 0.25) is 0 Å². The first-order valence-electron chi connectivity index (χ1n) is 9.34. The van der Waals surface area contributed by atoms with E-state index in [1.54, 1.807) is 36.4 Å². The van der Waals surface area contributed by atoms with Crippen LogP contribution in [0, 0.1) is 5.92 Å². The van der Waals surface area contributed by atoms with E-state index in [1.165, 1.54) is 22.8 Å². The third kappa shape index (κ3) is 5.28. The first-order chi connectivity index (χ1) is 14.4. The summed E-state index contributed by atoms with van der Waals surface area (Å²) in [5.74, 6) is -2.40. The lowest BCUT2D eigenvalue weighted by atomic mass is 9.98. The number of nitrogens with zero attached hydrogens (tertiary/aromatic N) is 2. The van der Waals surface area contributed by atoms with Gasteiger partial charge in [-0.25, -0.2) is 8.42 Å². The van der Waals surface area contributed by atoms with Crippen LogP contribution in [-0.4, -0.2) is 55.2 Å². The number of piperidine rings is 1. The molecule has 1 aliphatic heterocycles. The van der Waals surface area contributed by atoms with Crippen molar-refractivity contribution < 1.29 is 27.5 Å². The Hall–Kier alpha value is -3.11. The highest BCUT2D eigenvalue weighted by Gasteiger charge is 2.33. The zero-order valence-corrected chi connectivity index (χ0v) is 16.9. The van der Waals surface area contributed by atoms with Crippen LogP contribution in [-0.2, 0) is 24.3 Å². The van der Waals surface area contributed by atoms with E-state index in [2.05, 4.69) is 10.3 Å². The predicted molar refractivity (Wildman–Crippen MR) is 106 cm³/mol. The molecule has 0 unspecified atom stereocenters. The number of hydrogen-bond acceptors (Lipinski definition) is 7. The molecular formula is C20H21N3O6S. The number of carbonyl (C=O) groups is 3. The van der Waals surface area contributed by atoms with Gasteiger partial charge in [0.25, 0.3) is 11.8 Å². The molecule has 1 aliphatic rings. The summed E-state index contributed by atoms with van der Waals surface area (Å²) in [5, 5.41) is 2.15. The van der Waals surface area contributed by atoms with E-state index in [0.717, 1.165) is 0 Å². The largest absolute Gasteiger partial charge is 0.455 e. The SMILES string of the molecule is O=C(COC(=O)C1CCN(S(=O)(=O)c2cccnc2)CC1)NC(=O)c1ccccc1. The van der Waals surface area contributed by atoms with Gasteiger partial charge in [0.05, 0.1) is 5.92 Å². The maximum Gasteiger partial charge on any atom is 0.309 e. The molecule has 2 aromatic rings. The highest BCUT2D eigenvalue weighted by molar-refractivity contribution is 7.89. The summed E-state index contributed by atoms with van der Waals surface area (Å²) < 4.78 is 31.5. The molecule has 0 atom stereocenters. The number of ether oxygens (including phenoxy) is 1. The molecule has 1 aromatic carbocycles. The smallest absolute Gasteiger partial charge is 0.309 e. The molecule has 1 aromatic heterocycles. The Bertz CT molecular complexity index is 1000. The van der Waals surface area contributed by atoms with Crippen molar-refractivity contribution in [2.75, 3.05) is 19.7 Å². The summed E-state index contributed by atoms with van der Waals surface area (Å²) in [4.78, 5) is 39.9. The van der Waals surface area contributed by atoms with Crippen molar-refractivity contribution in [1.82, 2.24) is 14.6 Å². The Morgan fingerprint density at radius 3 is 2.40 bits per heavy atom. The number of amides is 2. The average molecular weight is 431 g/mol. The zero-order chi connectivity index (χ0) is 21.6. The molecule has 0 saturated carbocycles. The summed E-state index contributed by atoms with van der Waals surface area (Å²) in [6.45, 7) is -0.253. The van der Waals surface area contributed by atoms with Crippen LogP contribution in [0.15, 0.2) is 59.8 Å². The van der Waals surface area contributed by atoms with Crippen LogP contribution in [0.25, 0.3) is 0 Å². The Morgan fingerprint density at radius 1 is 1.07 bits per heavy atom. The van der Waals surface area contributed by atoms with Gasteiger partial charge >= 0.3 is 5.97 Å². The van der Waals surface area contributed by atoms with E-state index in [0.29, 0.717) is 5.56 Å². The van der Waals surface area contributed by atoms with E-state index >= 15 is 0 Å². The molecule has 1 N–H and O–H groups in total. The lowest BCUT2D eigenvalue weighted by Crippen LogP contribution is -2.41. The molecule has 0 aliphatic carbocycles. The number of aromatic nitrogens is 1. The Kier molecular flexibility index (Phi) is 6.91. The van der Waals surface area contributed by atoms with E-state index in [4.69, 9.17) is 4.74 Å². The first kappa shape index (κ1) is 21.6. The van der Waals surface area contributed by atoms with Gasteiger partial charge in [-0.1, -0.05) is 18.2 Å². The van der Waals surface area contributed by atoms with E-state index in [1.807, 2.05) is 0 Å². The number of benzene rings is 1. The molecule has 3 rings (SSSR count). The number of rotatable bonds is 6. The summed E-state index contributed by atoms with van der Waals surface area (Å²) >= 11 is 0. The molecule has 9 nitrogen and oxygen atoms in total. The van der Waals surface area contributed by atoms with Crippen molar-refractivity contribution in [2.45, 2.75) is 17.7 Å². The zero-order valence-electron chi connectivity index (χ0n) is 16.1. The van der Waals surface area contributed by atoms with Crippen molar-refractivity contribution in [3.05, 3.63) is 60.4 Å². The highest BCUT2D eigenvalue weighted by Crippen LogP contribution is 2.24. The summed E-state index contributed by atoms with van der Waals surface area (Å²) in [7, 11) is -3.66. The third-order valence-corrected chi connectivity index (χ3v) is 6.58. The van der Waals surface area contributed by atoms with E-state index < -0.39 is 40.3 Å². The fourth-order valence-corrected chi connectivity index (χ4v) is 4.49. The van der Waals surface area contributed by atoms with Gasteiger partial charge in [-0.2, -0.15) is 4.31 Å². The van der Waals surface area contributed by atoms with Crippen LogP contribution < -0.4 is 5.32 Å². The van der Waals surface area contributed by atoms with Crippen LogP contribution >= 0.6 is 0 Å². The lowest BCUT2D eigenvalue weighted by molar-refractivity contribution is -0.153. The number of hydrogen-bond donors (Lipinski definition) is 1. The van der Waals surface area contributed by atoms with Gasteiger partial charge < -0.3 is 4.74 Å². The summed E-state index contributed by atoms with van der Waals surface area (Å²) in [6.07, 6.45) is 3.33. The van der Waals surface area contributed by atoms with E-state index in [-0.39, 0.29) is 30.8 Å². The van der Waals surface area contributed by atoms with Gasteiger partial charge in [0.1, 0.15) is 4.90 Å². The Labute approximate surface area is 174 Å². The number of imide groups is 1. The van der Waals surface area contributed by atoms with Gasteiger partial charge in [-0.15, -0.1) is 0 Å². The molecule has 1 fully saturated rings. The number of carbonyl (C=O) groups excluding carboxylic acids is 3. The van der Waals surface area contributed by atoms with Crippen molar-refractivity contribution in [1.29, 1.82) is 0 Å². The maximum atomic E-state index is 12.6. The van der Waals surface area contributed by atoms with Crippen molar-refractivity contribution in [3.8, 4) is 0 Å². The quantitative estimate of drug-likeness (QED) is 0.677. The number of nitrogens with one attached hydrogen (secondary N) is 1. The minimum atomic E-state index is -3.66. The fraction of sp³-hybridized carbons (Fsp3) is 0.300. The van der Waals surface area contributed by atoms with Crippen LogP contribution in [0.4, 0.5) is 0 Å². The Balaban J connectivity index is 1.45. The highest BCUT2D eigenvalue weighted by atomic mass is 32.2. The normalized spacial score (nSPS) is 15.3. The van der Waals surface area contributed by atoms with Gasteiger partial charge in [-0.05, 0) is 37.1 Å². The molecule has 0 spiro atoms. The van der Waals surface area contributed by atoms with Crippen molar-refractivity contribution >= 4 is 27.8 Å². The van der Waals surface area contributed by atoms with Gasteiger partial charge in [0.15, 0.2) is 6.61 Å². The topological polar surface area (TPSA) is 123 Å². The second kappa shape index (κ2) is 9.59. The molecular weight excluding hydrogens is 410 g/mol. The summed E-state index contributed by atoms with van der Waals surface area (Å²) in [6, 6.07) is 11.2. The second-order valence-corrected chi connectivity index (χ2v) is 8.66. The van der Waals surface area contributed by atoms with E-state index in [9.17, 15) is 22.8 Å². The number of esters is 1. The maximum absolute atomic E-state index is 12.6. The second-order valence-electron chi connectivity index (χ2n) is 6.72. The lowest BCUT2D eigenvalue weighted by Gasteiger charge is -2.29. The van der Waals surface area contributed by atoms with Crippen molar-refractivity contribution in [2.24, 2.45) is 5.92 Å². The first-order valence-corrected chi connectivity index (χ1v) is 10.8. The molecule has 2 amide bonds. The molecule has 2 heterocycles. The van der Waals surface area contributed by atoms with Gasteiger partial charge in [0.2, 0.25) is 10.0 Å². The van der Waals surface area contributed by atoms with Crippen LogP contribution in [0.1, 0.15) is 23.2 Å². The predicted octanol–water partition coefficient (Wildman–Crippen LogP) is 0.982. The van der Waals surface area contributed by atoms with Gasteiger partial charge in [-0.3, -0.25) is 24.7 Å². The van der Waals surface area contributed by atoms with Crippen LogP contribution in [0.5, 0.6) is 0 Å². The molecule has 1 saturated heterocycles. The number of pyridine rings is 1. The minimum Gasteiger partial charge on any atom is -0.455 e. The minimum absolute atomic E-state index is 0.103. The van der Waals surface area contributed by atoms with Crippen LogP contribution in [0.3, 0.4) is 0 Å². The third-order valence-electron chi connectivity index (χ3n) is 4.69. The molecule has 10 heteroatoms. The standard InChI is InChI=1S/C20H21N3O6S/c24-18(22-19(25)15-5-2-1-3-6-15)14-29-20(26)16-8-11-23(12-9-16)30(27,28)17-7-4-10-21-13-17/h1-7,10,13,16H,8-9,11-12,14H2,(H,22,24,25). The molecule has 30 heavy (non-hydrogen) atoms. The average Bonchev–Trinajstić information content (AvgIpc) is 2.78. The fourth-order valence-electron chi connectivity index (χ4n) is 3.06. The Morgan fingerprint density at radius 2 is 1.77 bits per heavy atom. The van der Waals surface area contributed by atoms with Gasteiger partial charge in [0, 0.05) is 31.0 Å². The number of sulfonamides is 1. The molecule has 0 bridgehead atoms.